The Bertz CT molecular complexity index is 1110. The van der Waals surface area contributed by atoms with E-state index < -0.39 is 21.7 Å². The maximum Gasteiger partial charge on any atom is 0.339 e. The molecule has 0 radical (unpaired) electrons. The number of hydrogen-bond donors (Lipinski definition) is 3. The van der Waals surface area contributed by atoms with Crippen molar-refractivity contribution in [1.29, 1.82) is 0 Å². The Kier molecular flexibility index (Phi) is 4.43. The van der Waals surface area contributed by atoms with E-state index in [1.165, 1.54) is 19.2 Å². The van der Waals surface area contributed by atoms with Gasteiger partial charge in [0.1, 0.15) is 17.1 Å². The molecular weight excluding hydrogens is 358 g/mol. The molecule has 0 fully saturated rings. The molecule has 0 amide bonds. The van der Waals surface area contributed by atoms with Crippen molar-refractivity contribution in [2.24, 2.45) is 0 Å². The first-order chi connectivity index (χ1) is 12.3. The number of methoxy groups -OCH3 is 1. The van der Waals surface area contributed by atoms with Crippen LogP contribution in [-0.2, 0) is 10.0 Å². The fourth-order valence-corrected chi connectivity index (χ4v) is 3.90. The van der Waals surface area contributed by atoms with Gasteiger partial charge in [0.05, 0.1) is 17.7 Å². The summed E-state index contributed by atoms with van der Waals surface area (Å²) in [4.78, 5) is 11.0. The van der Waals surface area contributed by atoms with Crippen LogP contribution in [0.5, 0.6) is 11.5 Å². The molecule has 7 nitrogen and oxygen atoms in total. The van der Waals surface area contributed by atoms with E-state index in [-0.39, 0.29) is 16.1 Å². The molecule has 0 aliphatic heterocycles. The number of benzene rings is 3. The highest BCUT2D eigenvalue weighted by Crippen LogP contribution is 2.32. The number of nitrogens with one attached hydrogen (secondary N) is 1. The van der Waals surface area contributed by atoms with Crippen LogP contribution in [0.3, 0.4) is 0 Å². The Balaban J connectivity index is 2.06. The van der Waals surface area contributed by atoms with E-state index in [0.717, 1.165) is 12.1 Å². The molecule has 26 heavy (non-hydrogen) atoms. The van der Waals surface area contributed by atoms with Gasteiger partial charge in [-0.2, -0.15) is 0 Å². The topological polar surface area (TPSA) is 113 Å². The molecule has 0 aliphatic rings. The lowest BCUT2D eigenvalue weighted by Gasteiger charge is -2.13. The standard InChI is InChI=1S/C18H15NO6S/c1-25-16-8-9-17(13-5-3-2-4-12(13)16)26(23,24)19-11-6-7-14(18(21)22)15(20)10-11/h2-10,19-20H,1H3,(H,21,22). The molecule has 3 rings (SSSR count). The normalized spacial score (nSPS) is 11.3. The molecule has 0 unspecified atom stereocenters. The van der Waals surface area contributed by atoms with Gasteiger partial charge in [0, 0.05) is 16.8 Å². The summed E-state index contributed by atoms with van der Waals surface area (Å²) in [5.41, 5.74) is -0.268. The first-order valence-corrected chi connectivity index (χ1v) is 8.96. The number of carboxylic acid groups (broad SMARTS) is 1. The van der Waals surface area contributed by atoms with E-state index in [9.17, 15) is 18.3 Å². The lowest BCUT2D eigenvalue weighted by atomic mass is 10.1. The first-order valence-electron chi connectivity index (χ1n) is 7.48. The van der Waals surface area contributed by atoms with Gasteiger partial charge in [-0.3, -0.25) is 4.72 Å². The second kappa shape index (κ2) is 6.57. The molecule has 0 aliphatic carbocycles. The monoisotopic (exact) mass is 373 g/mol. The van der Waals surface area contributed by atoms with Crippen LogP contribution >= 0.6 is 0 Å². The van der Waals surface area contributed by atoms with Crippen LogP contribution in [0.4, 0.5) is 5.69 Å². The summed E-state index contributed by atoms with van der Waals surface area (Å²) in [6, 6.07) is 13.3. The van der Waals surface area contributed by atoms with Crippen molar-refractivity contribution in [3.63, 3.8) is 0 Å². The molecule has 0 saturated carbocycles. The molecule has 3 aromatic carbocycles. The third-order valence-electron chi connectivity index (χ3n) is 3.83. The van der Waals surface area contributed by atoms with Gasteiger partial charge in [-0.1, -0.05) is 24.3 Å². The van der Waals surface area contributed by atoms with Crippen LogP contribution in [0.25, 0.3) is 10.8 Å². The van der Waals surface area contributed by atoms with Crippen LogP contribution in [0.15, 0.2) is 59.5 Å². The first kappa shape index (κ1) is 17.6. The van der Waals surface area contributed by atoms with E-state index >= 15 is 0 Å². The smallest absolute Gasteiger partial charge is 0.339 e. The quantitative estimate of drug-likeness (QED) is 0.633. The van der Waals surface area contributed by atoms with Gasteiger partial charge in [-0.25, -0.2) is 13.2 Å². The minimum Gasteiger partial charge on any atom is -0.507 e. The Labute approximate surface area is 149 Å². The van der Waals surface area contributed by atoms with Gasteiger partial charge >= 0.3 is 5.97 Å². The highest BCUT2D eigenvalue weighted by Gasteiger charge is 2.20. The second-order valence-electron chi connectivity index (χ2n) is 5.45. The lowest BCUT2D eigenvalue weighted by molar-refractivity contribution is 0.0694. The summed E-state index contributed by atoms with van der Waals surface area (Å²) in [5, 5.41) is 19.8. The van der Waals surface area contributed by atoms with Crippen molar-refractivity contribution in [2.75, 3.05) is 11.8 Å². The van der Waals surface area contributed by atoms with Crippen molar-refractivity contribution in [1.82, 2.24) is 0 Å². The number of aromatic hydroxyl groups is 1. The maximum absolute atomic E-state index is 12.8. The number of fused-ring (bicyclic) bond motifs is 1. The Hall–Kier alpha value is -3.26. The van der Waals surface area contributed by atoms with Gasteiger partial charge in [-0.15, -0.1) is 0 Å². The number of carbonyl (C=O) groups is 1. The third-order valence-corrected chi connectivity index (χ3v) is 5.27. The summed E-state index contributed by atoms with van der Waals surface area (Å²) < 4.78 is 33.2. The van der Waals surface area contributed by atoms with Crippen molar-refractivity contribution in [3.05, 3.63) is 60.2 Å². The zero-order chi connectivity index (χ0) is 18.9. The molecule has 3 N–H and O–H groups in total. The molecule has 0 heterocycles. The molecular formula is C18H15NO6S. The highest BCUT2D eigenvalue weighted by atomic mass is 32.2. The fourth-order valence-electron chi connectivity index (χ4n) is 2.64. The third kappa shape index (κ3) is 3.14. The van der Waals surface area contributed by atoms with Gasteiger partial charge in [0.2, 0.25) is 0 Å². The fraction of sp³-hybridized carbons (Fsp3) is 0.0556. The summed E-state index contributed by atoms with van der Waals surface area (Å²) in [6.07, 6.45) is 0. The number of anilines is 1. The number of aromatic carboxylic acids is 1. The number of carboxylic acids is 1. The molecule has 134 valence electrons. The zero-order valence-corrected chi connectivity index (χ0v) is 14.4. The summed E-state index contributed by atoms with van der Waals surface area (Å²) in [5.74, 6) is -1.29. The number of rotatable bonds is 5. The largest absolute Gasteiger partial charge is 0.507 e. The second-order valence-corrected chi connectivity index (χ2v) is 7.10. The average molecular weight is 373 g/mol. The van der Waals surface area contributed by atoms with Crippen molar-refractivity contribution < 1.29 is 28.2 Å². The Morgan fingerprint density at radius 1 is 1.04 bits per heavy atom. The molecule has 0 saturated heterocycles. The SMILES string of the molecule is COc1ccc(S(=O)(=O)Nc2ccc(C(=O)O)c(O)c2)c2ccccc12. The maximum atomic E-state index is 12.8. The number of sulfonamides is 1. The van der Waals surface area contributed by atoms with Crippen LogP contribution in [0.1, 0.15) is 10.4 Å². The van der Waals surface area contributed by atoms with Gasteiger partial charge in [-0.05, 0) is 24.3 Å². The zero-order valence-electron chi connectivity index (χ0n) is 13.6. The minimum absolute atomic E-state index is 0.0377. The van der Waals surface area contributed by atoms with Gasteiger partial charge in [0.25, 0.3) is 10.0 Å². The summed E-state index contributed by atoms with van der Waals surface area (Å²) in [7, 11) is -2.48. The van der Waals surface area contributed by atoms with Crippen LogP contribution in [0, 0.1) is 0 Å². The highest BCUT2D eigenvalue weighted by molar-refractivity contribution is 7.93. The average Bonchev–Trinajstić information content (AvgIpc) is 2.60. The van der Waals surface area contributed by atoms with E-state index in [1.807, 2.05) is 0 Å². The lowest BCUT2D eigenvalue weighted by Crippen LogP contribution is -2.13. The molecule has 3 aromatic rings. The molecule has 8 heteroatoms. The van der Waals surface area contributed by atoms with Gasteiger partial charge < -0.3 is 14.9 Å². The number of hydrogen-bond acceptors (Lipinski definition) is 5. The predicted octanol–water partition coefficient (Wildman–Crippen LogP) is 3.05. The van der Waals surface area contributed by atoms with E-state index in [2.05, 4.69) is 4.72 Å². The van der Waals surface area contributed by atoms with Crippen molar-refractivity contribution in [3.8, 4) is 11.5 Å². The molecule has 0 aromatic heterocycles. The predicted molar refractivity (Wildman–Crippen MR) is 96.4 cm³/mol. The minimum atomic E-state index is -3.98. The van der Waals surface area contributed by atoms with E-state index in [1.54, 1.807) is 30.3 Å². The van der Waals surface area contributed by atoms with Crippen molar-refractivity contribution in [2.45, 2.75) is 4.90 Å². The summed E-state index contributed by atoms with van der Waals surface area (Å²) >= 11 is 0. The molecule has 0 bridgehead atoms. The number of phenols is 1. The molecule has 0 atom stereocenters. The van der Waals surface area contributed by atoms with Crippen molar-refractivity contribution >= 4 is 32.5 Å². The summed E-state index contributed by atoms with van der Waals surface area (Å²) in [6.45, 7) is 0. The van der Waals surface area contributed by atoms with E-state index in [0.29, 0.717) is 16.5 Å². The van der Waals surface area contributed by atoms with Crippen LogP contribution < -0.4 is 9.46 Å². The Morgan fingerprint density at radius 2 is 1.73 bits per heavy atom. The van der Waals surface area contributed by atoms with Crippen LogP contribution in [0.2, 0.25) is 0 Å². The number of ether oxygens (including phenoxy) is 1. The molecule has 0 spiro atoms. The Morgan fingerprint density at radius 3 is 2.35 bits per heavy atom. The van der Waals surface area contributed by atoms with Crippen LogP contribution in [-0.4, -0.2) is 31.7 Å². The van der Waals surface area contributed by atoms with E-state index in [4.69, 9.17) is 9.84 Å². The van der Waals surface area contributed by atoms with Gasteiger partial charge in [0.15, 0.2) is 0 Å².